The Morgan fingerprint density at radius 3 is 2.14 bits per heavy atom. The van der Waals surface area contributed by atoms with E-state index in [1.54, 1.807) is 0 Å². The van der Waals surface area contributed by atoms with Gasteiger partial charge in [-0.2, -0.15) is 0 Å². The number of aliphatic hydroxyl groups is 3. The second-order valence-electron chi connectivity index (χ2n) is 15.8. The van der Waals surface area contributed by atoms with Crippen LogP contribution in [0.5, 0.6) is 0 Å². The van der Waals surface area contributed by atoms with Crippen LogP contribution in [0.1, 0.15) is 105 Å². The summed E-state index contributed by atoms with van der Waals surface area (Å²) < 4.78 is 0.625. The minimum absolute atomic E-state index is 0. The number of hydrogen-bond acceptors (Lipinski definition) is 3. The van der Waals surface area contributed by atoms with Crippen LogP contribution in [0.15, 0.2) is 0 Å². The fraction of sp³-hybridized carbons (Fsp3) is 1.00. The van der Waals surface area contributed by atoms with Crippen molar-refractivity contribution in [3.05, 3.63) is 0 Å². The van der Waals surface area contributed by atoms with Crippen molar-refractivity contribution in [1.29, 1.82) is 0 Å². The quantitative estimate of drug-likeness (QED) is 0.412. The maximum atomic E-state index is 12.5. The van der Waals surface area contributed by atoms with Crippen molar-refractivity contribution in [3.63, 3.8) is 0 Å². The Balaban J connectivity index is 0.00000361. The molecule has 0 aromatic rings. The van der Waals surface area contributed by atoms with Crippen LogP contribution in [0.4, 0.5) is 0 Å². The van der Waals surface area contributed by atoms with E-state index < -0.39 is 17.3 Å². The molecule has 36 heavy (non-hydrogen) atoms. The lowest BCUT2D eigenvalue weighted by atomic mass is 9.39. The number of rotatable bonds is 7. The molecule has 0 aromatic carbocycles. The Kier molecular flexibility index (Phi) is 8.89. The molecule has 0 bridgehead atoms. The van der Waals surface area contributed by atoms with E-state index in [-0.39, 0.29) is 22.4 Å². The first-order chi connectivity index (χ1) is 16.1. The lowest BCUT2D eigenvalue weighted by Gasteiger charge is -2.68. The van der Waals surface area contributed by atoms with E-state index >= 15 is 0 Å². The van der Waals surface area contributed by atoms with Crippen LogP contribution in [0.25, 0.3) is 0 Å². The number of nitrogens with zero attached hydrogens (tertiary/aromatic N) is 1. The first-order valence-corrected chi connectivity index (χ1v) is 15.0. The van der Waals surface area contributed by atoms with E-state index in [0.717, 1.165) is 30.6 Å². The van der Waals surface area contributed by atoms with Gasteiger partial charge in [0.25, 0.3) is 0 Å². The van der Waals surface area contributed by atoms with Crippen LogP contribution in [0.2, 0.25) is 0 Å². The molecule has 0 spiro atoms. The SMILES string of the molecule is CC(C)CCC[C@@H](C)[C@H]1CC[C@H]2[C@@H]3C[C@@](O)(C[N+](C)(C)C)[C@@]4(O)C[C@@H](O)CC[C@]4(C)[C@H]3CC[C@]12C.[Br-]. The van der Waals surface area contributed by atoms with E-state index in [2.05, 4.69) is 55.8 Å². The molecule has 4 fully saturated rings. The van der Waals surface area contributed by atoms with Gasteiger partial charge in [0.2, 0.25) is 0 Å². The monoisotopic (exact) mass is 571 g/mol. The third-order valence-electron chi connectivity index (χ3n) is 12.0. The zero-order valence-electron chi connectivity index (χ0n) is 24.7. The third-order valence-corrected chi connectivity index (χ3v) is 12.0. The molecule has 4 aliphatic carbocycles. The minimum Gasteiger partial charge on any atom is -1.00 e. The van der Waals surface area contributed by atoms with Gasteiger partial charge in [0.1, 0.15) is 17.7 Å². The summed E-state index contributed by atoms with van der Waals surface area (Å²) in [6.45, 7) is 12.6. The predicted octanol–water partition coefficient (Wildman–Crippen LogP) is 2.63. The van der Waals surface area contributed by atoms with Gasteiger partial charge in [0, 0.05) is 11.8 Å². The number of fused-ring (bicyclic) bond motifs is 5. The molecule has 212 valence electrons. The third kappa shape index (κ3) is 5.00. The summed E-state index contributed by atoms with van der Waals surface area (Å²) in [7, 11) is 6.37. The molecule has 4 nitrogen and oxygen atoms in total. The molecule has 0 amide bonds. The van der Waals surface area contributed by atoms with E-state index in [9.17, 15) is 15.3 Å². The molecule has 0 heterocycles. The van der Waals surface area contributed by atoms with Crippen molar-refractivity contribution < 1.29 is 36.8 Å². The van der Waals surface area contributed by atoms with Gasteiger partial charge in [-0.3, -0.25) is 0 Å². The lowest BCUT2D eigenvalue weighted by Crippen LogP contribution is -3.00. The highest BCUT2D eigenvalue weighted by Gasteiger charge is 2.73. The highest BCUT2D eigenvalue weighted by atomic mass is 79.9. The van der Waals surface area contributed by atoms with Crippen LogP contribution in [-0.4, -0.2) is 64.8 Å². The normalized spacial score (nSPS) is 47.5. The Labute approximate surface area is 233 Å². The summed E-state index contributed by atoms with van der Waals surface area (Å²) in [6, 6.07) is 0. The van der Waals surface area contributed by atoms with Crippen molar-refractivity contribution in [2.45, 2.75) is 123 Å². The van der Waals surface area contributed by atoms with E-state index in [4.69, 9.17) is 0 Å². The number of quaternary nitrogens is 1. The highest BCUT2D eigenvalue weighted by molar-refractivity contribution is 5.22. The molecule has 0 aliphatic heterocycles. The Morgan fingerprint density at radius 2 is 1.53 bits per heavy atom. The average Bonchev–Trinajstić information content (AvgIpc) is 3.06. The summed E-state index contributed by atoms with van der Waals surface area (Å²) in [5, 5.41) is 35.5. The molecule has 0 unspecified atom stereocenters. The van der Waals surface area contributed by atoms with Gasteiger partial charge in [-0.05, 0) is 85.9 Å². The number of aliphatic hydroxyl groups excluding tert-OH is 1. The predicted molar refractivity (Wildman–Crippen MR) is 144 cm³/mol. The molecule has 3 N–H and O–H groups in total. The van der Waals surface area contributed by atoms with Crippen LogP contribution in [0.3, 0.4) is 0 Å². The molecule has 10 atom stereocenters. The maximum absolute atomic E-state index is 12.5. The standard InChI is InChI=1S/C31H58NO3.BrH/c1-21(2)10-9-11-22(3)25-12-13-26-24-19-30(34,20-32(6,7)8)31(35)18-23(33)14-17-29(31,5)27(24)15-16-28(25,26)4;/h21-27,33-35H,9-20H2,1-8H3;1H/q+1;/p-1/t22-,23+,24+,25-,26+,27+,28-,29-,30-,31-;/m1./s1. The van der Waals surface area contributed by atoms with Crippen LogP contribution in [0, 0.1) is 46.3 Å². The maximum Gasteiger partial charge on any atom is 0.143 e. The first-order valence-electron chi connectivity index (χ1n) is 15.0. The second-order valence-corrected chi connectivity index (χ2v) is 15.8. The van der Waals surface area contributed by atoms with Gasteiger partial charge in [0.15, 0.2) is 0 Å². The smallest absolute Gasteiger partial charge is 0.143 e. The molecule has 4 saturated carbocycles. The van der Waals surface area contributed by atoms with Gasteiger partial charge in [-0.25, -0.2) is 0 Å². The lowest BCUT2D eigenvalue weighted by molar-refractivity contribution is -0.879. The average molecular weight is 573 g/mol. The highest BCUT2D eigenvalue weighted by Crippen LogP contribution is 2.71. The van der Waals surface area contributed by atoms with E-state index in [1.165, 1.54) is 44.9 Å². The van der Waals surface area contributed by atoms with Crippen LogP contribution >= 0.6 is 0 Å². The summed E-state index contributed by atoms with van der Waals surface area (Å²) in [4.78, 5) is 0. The molecular weight excluding hydrogens is 514 g/mol. The summed E-state index contributed by atoms with van der Waals surface area (Å²) >= 11 is 0. The molecule has 5 heteroatoms. The van der Waals surface area contributed by atoms with Crippen molar-refractivity contribution >= 4 is 0 Å². The molecule has 4 rings (SSSR count). The Bertz CT molecular complexity index is 769. The van der Waals surface area contributed by atoms with Gasteiger partial charge in [-0.15, -0.1) is 0 Å². The van der Waals surface area contributed by atoms with Gasteiger partial charge < -0.3 is 36.8 Å². The van der Waals surface area contributed by atoms with Crippen molar-refractivity contribution in [2.24, 2.45) is 46.3 Å². The first kappa shape index (κ1) is 30.9. The summed E-state index contributed by atoms with van der Waals surface area (Å²) in [6.07, 6.45) is 11.2. The second kappa shape index (κ2) is 10.4. The fourth-order valence-electron chi connectivity index (χ4n) is 10.5. The van der Waals surface area contributed by atoms with E-state index in [0.29, 0.717) is 47.0 Å². The molecule has 0 aromatic heterocycles. The number of halogens is 1. The zero-order valence-corrected chi connectivity index (χ0v) is 26.3. The minimum atomic E-state index is -1.22. The summed E-state index contributed by atoms with van der Waals surface area (Å²) in [5.41, 5.74) is -2.36. The Morgan fingerprint density at radius 1 is 0.861 bits per heavy atom. The largest absolute Gasteiger partial charge is 1.00 e. The van der Waals surface area contributed by atoms with Crippen molar-refractivity contribution in [3.8, 4) is 0 Å². The van der Waals surface area contributed by atoms with Crippen LogP contribution in [-0.2, 0) is 0 Å². The zero-order chi connectivity index (χ0) is 26.0. The van der Waals surface area contributed by atoms with Gasteiger partial charge in [-0.1, -0.05) is 53.9 Å². The molecule has 4 aliphatic rings. The topological polar surface area (TPSA) is 60.7 Å². The van der Waals surface area contributed by atoms with Gasteiger partial charge >= 0.3 is 0 Å². The number of hydrogen-bond donors (Lipinski definition) is 3. The molecule has 0 saturated heterocycles. The van der Waals surface area contributed by atoms with E-state index in [1.807, 2.05) is 0 Å². The fourth-order valence-corrected chi connectivity index (χ4v) is 10.5. The van der Waals surface area contributed by atoms with Crippen molar-refractivity contribution in [1.82, 2.24) is 0 Å². The Hall–Kier alpha value is 0.320. The molecular formula is C31H58BrNO3. The van der Waals surface area contributed by atoms with Crippen LogP contribution < -0.4 is 17.0 Å². The molecule has 0 radical (unpaired) electrons. The van der Waals surface area contributed by atoms with Gasteiger partial charge in [0.05, 0.1) is 27.2 Å². The number of likely N-dealkylation sites (N-methyl/N-ethyl adjacent to an activating group) is 1. The van der Waals surface area contributed by atoms with Crippen molar-refractivity contribution in [2.75, 3.05) is 27.7 Å². The summed E-state index contributed by atoms with van der Waals surface area (Å²) in [5.74, 6) is 3.91.